The Labute approximate surface area is 146 Å². The molecule has 1 aromatic heterocycles. The number of β-amino-alcohol motifs (C(OH)–C–C–N with tert-alkyl or cyclic N) is 1. The van der Waals surface area contributed by atoms with Gasteiger partial charge in [0.2, 0.25) is 17.7 Å². The molecule has 0 bridgehead atoms. The van der Waals surface area contributed by atoms with Gasteiger partial charge in [0.1, 0.15) is 0 Å². The molecule has 1 saturated carbocycles. The van der Waals surface area contributed by atoms with Gasteiger partial charge < -0.3 is 20.0 Å². The molecule has 4 rings (SSSR count). The minimum Gasteiger partial charge on any atom is -0.481 e. The molecule has 0 aromatic carbocycles. The fourth-order valence-corrected chi connectivity index (χ4v) is 3.92. The molecule has 1 aliphatic carbocycles. The van der Waals surface area contributed by atoms with E-state index in [1.54, 1.807) is 11.8 Å². The third-order valence-corrected chi connectivity index (χ3v) is 5.62. The van der Waals surface area contributed by atoms with Crippen molar-refractivity contribution in [3.8, 4) is 0 Å². The molecular formula is C15H18F3N5O3. The second kappa shape index (κ2) is 5.66. The molecule has 1 aromatic rings. The summed E-state index contributed by atoms with van der Waals surface area (Å²) in [5.41, 5.74) is 0. The summed E-state index contributed by atoms with van der Waals surface area (Å²) in [5.74, 6) is -1.86. The molecule has 3 fully saturated rings. The Bertz CT molecular complexity index is 734. The fourth-order valence-electron chi connectivity index (χ4n) is 3.92. The number of aliphatic carboxylic acids is 1. The van der Waals surface area contributed by atoms with Gasteiger partial charge in [-0.25, -0.2) is 0 Å². The number of carbonyl (C=O) groups is 1. The monoisotopic (exact) mass is 373 g/mol. The van der Waals surface area contributed by atoms with Crippen molar-refractivity contribution < 1.29 is 28.2 Å². The van der Waals surface area contributed by atoms with E-state index in [4.69, 9.17) is 5.11 Å². The van der Waals surface area contributed by atoms with Gasteiger partial charge in [0.15, 0.2) is 0 Å². The lowest BCUT2D eigenvalue weighted by Crippen LogP contribution is -2.59. The first-order valence-corrected chi connectivity index (χ1v) is 8.40. The van der Waals surface area contributed by atoms with Crippen LogP contribution in [0, 0.1) is 17.8 Å². The number of anilines is 2. The van der Waals surface area contributed by atoms with Crippen LogP contribution in [0.25, 0.3) is 0 Å². The number of rotatable bonds is 4. The molecule has 26 heavy (non-hydrogen) atoms. The lowest BCUT2D eigenvalue weighted by Gasteiger charge is -2.43. The fraction of sp³-hybridized carbons (Fsp3) is 0.733. The quantitative estimate of drug-likeness (QED) is 0.792. The first-order valence-electron chi connectivity index (χ1n) is 8.40. The Kier molecular flexibility index (Phi) is 3.76. The maximum atomic E-state index is 13.2. The van der Waals surface area contributed by atoms with Crippen molar-refractivity contribution >= 4 is 17.9 Å². The molecule has 0 radical (unpaired) electrons. The third-order valence-electron chi connectivity index (χ3n) is 5.62. The van der Waals surface area contributed by atoms with E-state index in [2.05, 4.69) is 15.0 Å². The Balaban J connectivity index is 1.56. The first kappa shape index (κ1) is 17.3. The van der Waals surface area contributed by atoms with E-state index in [0.29, 0.717) is 13.1 Å². The maximum Gasteiger partial charge on any atom is 0.451 e. The molecule has 2 unspecified atom stereocenters. The molecule has 8 nitrogen and oxygen atoms in total. The number of carboxylic acid groups (broad SMARTS) is 1. The third kappa shape index (κ3) is 2.83. The Hall–Kier alpha value is -2.17. The molecule has 2 N–H and O–H groups in total. The summed E-state index contributed by atoms with van der Waals surface area (Å²) in [6, 6.07) is -0.363. The predicted molar refractivity (Wildman–Crippen MR) is 82.6 cm³/mol. The number of aliphatic hydroxyl groups excluding tert-OH is 1. The Morgan fingerprint density at radius 1 is 1.15 bits per heavy atom. The zero-order valence-electron chi connectivity index (χ0n) is 13.9. The molecule has 2 aliphatic heterocycles. The Morgan fingerprint density at radius 3 is 2.27 bits per heavy atom. The number of fused-ring (bicyclic) bond motifs is 1. The van der Waals surface area contributed by atoms with Gasteiger partial charge in [0, 0.05) is 26.1 Å². The van der Waals surface area contributed by atoms with Crippen molar-refractivity contribution in [2.45, 2.75) is 31.7 Å². The summed E-state index contributed by atoms with van der Waals surface area (Å²) in [7, 11) is 0. The van der Waals surface area contributed by atoms with Gasteiger partial charge in [-0.15, -0.1) is 0 Å². The maximum absolute atomic E-state index is 13.2. The topological polar surface area (TPSA) is 103 Å². The first-order chi connectivity index (χ1) is 12.1. The van der Waals surface area contributed by atoms with Crippen molar-refractivity contribution in [2.24, 2.45) is 17.8 Å². The number of aromatic nitrogens is 3. The number of hydrogen-bond acceptors (Lipinski definition) is 7. The summed E-state index contributed by atoms with van der Waals surface area (Å²) in [6.45, 7) is 2.75. The van der Waals surface area contributed by atoms with Crippen LogP contribution >= 0.6 is 0 Å². The normalized spacial score (nSPS) is 33.0. The van der Waals surface area contributed by atoms with Crippen LogP contribution in [0.3, 0.4) is 0 Å². The Morgan fingerprint density at radius 2 is 1.77 bits per heavy atom. The minimum atomic E-state index is -4.70. The van der Waals surface area contributed by atoms with Gasteiger partial charge in [0.25, 0.3) is 0 Å². The highest BCUT2D eigenvalue weighted by atomic mass is 19.4. The molecule has 3 aliphatic rings. The van der Waals surface area contributed by atoms with Gasteiger partial charge in [-0.2, -0.15) is 28.1 Å². The summed E-state index contributed by atoms with van der Waals surface area (Å²) in [6.07, 6.45) is -5.24. The van der Waals surface area contributed by atoms with Crippen LogP contribution in [-0.2, 0) is 11.0 Å². The highest BCUT2D eigenvalue weighted by molar-refractivity contribution is 5.68. The smallest absolute Gasteiger partial charge is 0.451 e. The summed E-state index contributed by atoms with van der Waals surface area (Å²) in [5, 5.41) is 18.5. The second-order valence-electron chi connectivity index (χ2n) is 7.21. The van der Waals surface area contributed by atoms with Crippen LogP contribution in [0.15, 0.2) is 0 Å². The van der Waals surface area contributed by atoms with Crippen LogP contribution in [0.1, 0.15) is 19.2 Å². The highest BCUT2D eigenvalue weighted by Gasteiger charge is 2.56. The van der Waals surface area contributed by atoms with E-state index in [9.17, 15) is 23.1 Å². The van der Waals surface area contributed by atoms with E-state index in [1.807, 2.05) is 0 Å². The van der Waals surface area contributed by atoms with Crippen LogP contribution in [0.2, 0.25) is 0 Å². The molecule has 0 amide bonds. The predicted octanol–water partition coefficient (Wildman–Crippen LogP) is 0.617. The van der Waals surface area contributed by atoms with Gasteiger partial charge in [-0.05, 0) is 24.7 Å². The van der Waals surface area contributed by atoms with Gasteiger partial charge >= 0.3 is 12.1 Å². The lowest BCUT2D eigenvalue weighted by atomic mass is 10.0. The van der Waals surface area contributed by atoms with Crippen molar-refractivity contribution in [2.75, 3.05) is 29.4 Å². The molecule has 0 spiro atoms. The van der Waals surface area contributed by atoms with E-state index >= 15 is 0 Å². The molecule has 11 heteroatoms. The highest BCUT2D eigenvalue weighted by Crippen LogP contribution is 2.54. The number of hydrogen-bond donors (Lipinski definition) is 2. The number of piperidine rings is 1. The molecule has 142 valence electrons. The van der Waals surface area contributed by atoms with E-state index < -0.39 is 24.1 Å². The van der Waals surface area contributed by atoms with Gasteiger partial charge in [-0.3, -0.25) is 4.79 Å². The summed E-state index contributed by atoms with van der Waals surface area (Å²) in [4.78, 5) is 25.3. The number of nitrogens with zero attached hydrogens (tertiary/aromatic N) is 5. The summed E-state index contributed by atoms with van der Waals surface area (Å²) < 4.78 is 39.5. The largest absolute Gasteiger partial charge is 0.481 e. The van der Waals surface area contributed by atoms with Crippen LogP contribution in [-0.4, -0.2) is 62.9 Å². The van der Waals surface area contributed by atoms with Gasteiger partial charge in [-0.1, -0.05) is 0 Å². The number of halogens is 3. The van der Waals surface area contributed by atoms with Crippen LogP contribution < -0.4 is 9.80 Å². The van der Waals surface area contributed by atoms with Crippen molar-refractivity contribution in [1.82, 2.24) is 15.0 Å². The minimum absolute atomic E-state index is 0.0443. The van der Waals surface area contributed by atoms with E-state index in [-0.39, 0.29) is 48.7 Å². The average Bonchev–Trinajstić information content (AvgIpc) is 3.00. The molecule has 3 heterocycles. The molecule has 4 atom stereocenters. The van der Waals surface area contributed by atoms with Crippen LogP contribution in [0.4, 0.5) is 25.1 Å². The number of alkyl halides is 3. The van der Waals surface area contributed by atoms with Gasteiger partial charge in [0.05, 0.1) is 12.1 Å². The van der Waals surface area contributed by atoms with E-state index in [0.717, 1.165) is 0 Å². The van der Waals surface area contributed by atoms with Crippen molar-refractivity contribution in [1.29, 1.82) is 0 Å². The van der Waals surface area contributed by atoms with Crippen molar-refractivity contribution in [3.05, 3.63) is 5.82 Å². The second-order valence-corrected chi connectivity index (χ2v) is 7.21. The zero-order chi connectivity index (χ0) is 18.8. The molecular weight excluding hydrogens is 355 g/mol. The average molecular weight is 373 g/mol. The van der Waals surface area contributed by atoms with Crippen molar-refractivity contribution in [3.63, 3.8) is 0 Å². The summed E-state index contributed by atoms with van der Waals surface area (Å²) >= 11 is 0. The van der Waals surface area contributed by atoms with E-state index in [1.165, 1.54) is 4.90 Å². The SMILES string of the molecule is C[C@H]1[C@H](O)CN1c1nc(N2CC3C(CC(=O)O)C3C2)nc(C(F)(F)F)n1. The van der Waals surface area contributed by atoms with Crippen LogP contribution in [0.5, 0.6) is 0 Å². The zero-order valence-corrected chi connectivity index (χ0v) is 13.9. The standard InChI is InChI=1S/C15H18F3N5O3/c1-6-10(24)5-23(6)14-20-12(15(16,17)18)19-13(21-14)22-3-8-7(2-11(25)26)9(8)4-22/h6-10,24H,2-5H2,1H3,(H,25,26)/t6-,7?,8?,9?,10+/m0/s1. The number of aliphatic hydroxyl groups is 1. The number of carboxylic acids is 1. The molecule has 2 saturated heterocycles. The lowest BCUT2D eigenvalue weighted by molar-refractivity contribution is -0.145.